The predicted octanol–water partition coefficient (Wildman–Crippen LogP) is 2.81. The molecule has 0 bridgehead atoms. The highest BCUT2D eigenvalue weighted by Gasteiger charge is 2.29. The van der Waals surface area contributed by atoms with Gasteiger partial charge in [-0.2, -0.15) is 0 Å². The van der Waals surface area contributed by atoms with Crippen molar-refractivity contribution in [1.29, 1.82) is 0 Å². The van der Waals surface area contributed by atoms with E-state index in [9.17, 15) is 9.59 Å². The van der Waals surface area contributed by atoms with E-state index in [0.29, 0.717) is 19.0 Å². The van der Waals surface area contributed by atoms with Crippen LogP contribution in [0.1, 0.15) is 57.1 Å². The molecule has 1 atom stereocenters. The Bertz CT molecular complexity index is 634. The average Bonchev–Trinajstić information content (AvgIpc) is 3.14. The van der Waals surface area contributed by atoms with Crippen molar-refractivity contribution in [3.05, 3.63) is 29.8 Å². The van der Waals surface area contributed by atoms with E-state index in [-0.39, 0.29) is 24.0 Å². The fraction of sp³-hybridized carbons (Fsp3) is 0.600. The Balaban J connectivity index is 1.60. The third-order valence-corrected chi connectivity index (χ3v) is 5.70. The number of nitrogens with zero attached hydrogens (tertiary/aromatic N) is 1. The molecule has 4 N–H and O–H groups in total. The molecule has 2 aliphatic rings. The van der Waals surface area contributed by atoms with Crippen molar-refractivity contribution >= 4 is 17.6 Å². The summed E-state index contributed by atoms with van der Waals surface area (Å²) >= 11 is 0. The first-order valence-corrected chi connectivity index (χ1v) is 9.71. The number of piperidine rings is 1. The minimum atomic E-state index is -0.120. The summed E-state index contributed by atoms with van der Waals surface area (Å²) in [5, 5.41) is 6.29. The summed E-state index contributed by atoms with van der Waals surface area (Å²) < 4.78 is 0. The number of anilines is 1. The van der Waals surface area contributed by atoms with Crippen LogP contribution in [-0.2, 0) is 4.79 Å². The largest absolute Gasteiger partial charge is 0.399 e. The Morgan fingerprint density at radius 3 is 2.46 bits per heavy atom. The molecule has 1 aliphatic carbocycles. The lowest BCUT2D eigenvalue weighted by molar-refractivity contribution is -0.129. The number of nitrogen functional groups attached to an aromatic ring is 1. The molecule has 0 spiro atoms. The summed E-state index contributed by atoms with van der Waals surface area (Å²) in [6.07, 6.45) is 6.32. The van der Waals surface area contributed by atoms with E-state index in [1.165, 1.54) is 12.8 Å². The van der Waals surface area contributed by atoms with Crippen molar-refractivity contribution < 1.29 is 9.59 Å². The minimum absolute atomic E-state index is 0.00157. The Kier molecular flexibility index (Phi) is 6.01. The van der Waals surface area contributed by atoms with Crippen LogP contribution in [0.15, 0.2) is 24.3 Å². The van der Waals surface area contributed by atoms with E-state index in [4.69, 9.17) is 5.73 Å². The fourth-order valence-corrected chi connectivity index (χ4v) is 4.22. The van der Waals surface area contributed by atoms with Gasteiger partial charge in [-0.1, -0.05) is 25.0 Å². The number of carbonyl (C=O) groups is 2. The second-order valence-electron chi connectivity index (χ2n) is 7.59. The zero-order valence-corrected chi connectivity index (χ0v) is 15.5. The van der Waals surface area contributed by atoms with Gasteiger partial charge in [-0.15, -0.1) is 0 Å². The molecule has 1 saturated carbocycles. The topological polar surface area (TPSA) is 87.5 Å². The fourth-order valence-electron chi connectivity index (χ4n) is 4.22. The number of nitrogens with one attached hydrogen (secondary N) is 2. The number of hydrogen-bond acceptors (Lipinski definition) is 3. The van der Waals surface area contributed by atoms with Gasteiger partial charge in [-0.05, 0) is 49.3 Å². The summed E-state index contributed by atoms with van der Waals surface area (Å²) in [6, 6.07) is 7.83. The third kappa shape index (κ3) is 4.68. The summed E-state index contributed by atoms with van der Waals surface area (Å²) in [4.78, 5) is 25.9. The van der Waals surface area contributed by atoms with E-state index in [1.807, 2.05) is 29.2 Å². The zero-order valence-electron chi connectivity index (χ0n) is 15.5. The molecule has 1 aromatic carbocycles. The summed E-state index contributed by atoms with van der Waals surface area (Å²) in [5.41, 5.74) is 7.76. The van der Waals surface area contributed by atoms with Crippen LogP contribution in [0.4, 0.5) is 10.5 Å². The number of carbonyl (C=O) groups excluding carboxylic acids is 2. The van der Waals surface area contributed by atoms with Crippen molar-refractivity contribution in [2.24, 2.45) is 5.92 Å². The molecule has 0 radical (unpaired) electrons. The third-order valence-electron chi connectivity index (χ3n) is 5.70. The lowest BCUT2D eigenvalue weighted by Crippen LogP contribution is -2.49. The van der Waals surface area contributed by atoms with E-state index >= 15 is 0 Å². The highest BCUT2D eigenvalue weighted by molar-refractivity contribution is 5.75. The van der Waals surface area contributed by atoms with Crippen LogP contribution in [0, 0.1) is 5.92 Å². The van der Waals surface area contributed by atoms with Gasteiger partial charge in [0.1, 0.15) is 0 Å². The van der Waals surface area contributed by atoms with Gasteiger partial charge >= 0.3 is 6.03 Å². The number of urea groups is 1. The minimum Gasteiger partial charge on any atom is -0.399 e. The van der Waals surface area contributed by atoms with Gasteiger partial charge in [-0.25, -0.2) is 4.79 Å². The average molecular weight is 358 g/mol. The smallest absolute Gasteiger partial charge is 0.315 e. The van der Waals surface area contributed by atoms with Gasteiger partial charge in [0, 0.05) is 31.7 Å². The number of benzene rings is 1. The second-order valence-corrected chi connectivity index (χ2v) is 7.59. The van der Waals surface area contributed by atoms with Gasteiger partial charge in [0.15, 0.2) is 0 Å². The van der Waals surface area contributed by atoms with Crippen LogP contribution in [-0.4, -0.2) is 36.0 Å². The Morgan fingerprint density at radius 1 is 1.15 bits per heavy atom. The molecule has 142 valence electrons. The van der Waals surface area contributed by atoms with Crippen LogP contribution in [0.3, 0.4) is 0 Å². The Labute approximate surface area is 155 Å². The molecule has 3 amide bonds. The van der Waals surface area contributed by atoms with Crippen LogP contribution in [0.2, 0.25) is 0 Å². The van der Waals surface area contributed by atoms with E-state index in [2.05, 4.69) is 10.6 Å². The second kappa shape index (κ2) is 8.43. The molecule has 26 heavy (non-hydrogen) atoms. The van der Waals surface area contributed by atoms with Crippen molar-refractivity contribution in [3.8, 4) is 0 Å². The highest BCUT2D eigenvalue weighted by Crippen LogP contribution is 2.36. The maximum Gasteiger partial charge on any atom is 0.315 e. The van der Waals surface area contributed by atoms with Gasteiger partial charge in [0.25, 0.3) is 0 Å². The zero-order chi connectivity index (χ0) is 18.5. The first-order valence-electron chi connectivity index (χ1n) is 9.71. The quantitative estimate of drug-likeness (QED) is 0.723. The van der Waals surface area contributed by atoms with Crippen LogP contribution < -0.4 is 16.4 Å². The standard InChI is InChI=1S/C20H30N4O2/c1-14(25)24-11-9-18(10-12-24)22-20(26)23-19(15-5-2-3-6-15)16-7-4-8-17(21)13-16/h4,7-8,13,15,18-19H,2-3,5-6,9-12,21H2,1H3,(H2,22,23,26)/t19-/m0/s1. The molecule has 0 unspecified atom stereocenters. The summed E-state index contributed by atoms with van der Waals surface area (Å²) in [6.45, 7) is 3.02. The van der Waals surface area contributed by atoms with Gasteiger partial charge in [-0.3, -0.25) is 4.79 Å². The number of amides is 3. The molecule has 2 fully saturated rings. The maximum atomic E-state index is 12.6. The van der Waals surface area contributed by atoms with E-state index < -0.39 is 0 Å². The van der Waals surface area contributed by atoms with Crippen molar-refractivity contribution in [2.45, 2.75) is 57.5 Å². The summed E-state index contributed by atoms with van der Waals surface area (Å²) in [5.74, 6) is 0.568. The highest BCUT2D eigenvalue weighted by atomic mass is 16.2. The number of nitrogens with two attached hydrogens (primary N) is 1. The molecule has 3 rings (SSSR count). The SMILES string of the molecule is CC(=O)N1CCC(NC(=O)N[C@H](c2cccc(N)c2)C2CCCC2)CC1. The Morgan fingerprint density at radius 2 is 1.85 bits per heavy atom. The number of hydrogen-bond donors (Lipinski definition) is 3. The van der Waals surface area contributed by atoms with Gasteiger partial charge in [0.2, 0.25) is 5.91 Å². The van der Waals surface area contributed by atoms with Crippen molar-refractivity contribution in [3.63, 3.8) is 0 Å². The monoisotopic (exact) mass is 358 g/mol. The van der Waals surface area contributed by atoms with Crippen LogP contribution in [0.5, 0.6) is 0 Å². The normalized spacial score (nSPS) is 20.0. The Hall–Kier alpha value is -2.24. The van der Waals surface area contributed by atoms with E-state index in [0.717, 1.165) is 36.9 Å². The maximum absolute atomic E-state index is 12.6. The molecular weight excluding hydrogens is 328 g/mol. The lowest BCUT2D eigenvalue weighted by Gasteiger charge is -2.32. The first kappa shape index (κ1) is 18.5. The van der Waals surface area contributed by atoms with Crippen LogP contribution >= 0.6 is 0 Å². The van der Waals surface area contributed by atoms with Gasteiger partial charge < -0.3 is 21.3 Å². The van der Waals surface area contributed by atoms with Crippen molar-refractivity contribution in [1.82, 2.24) is 15.5 Å². The molecule has 1 saturated heterocycles. The molecule has 0 aromatic heterocycles. The molecule has 1 heterocycles. The lowest BCUT2D eigenvalue weighted by atomic mass is 9.91. The van der Waals surface area contributed by atoms with Crippen LogP contribution in [0.25, 0.3) is 0 Å². The molecule has 1 aromatic rings. The molecule has 6 heteroatoms. The molecule has 1 aliphatic heterocycles. The number of likely N-dealkylation sites (tertiary alicyclic amines) is 1. The predicted molar refractivity (Wildman–Crippen MR) is 102 cm³/mol. The first-order chi connectivity index (χ1) is 12.5. The van der Waals surface area contributed by atoms with Crippen molar-refractivity contribution in [2.75, 3.05) is 18.8 Å². The van der Waals surface area contributed by atoms with Gasteiger partial charge in [0.05, 0.1) is 6.04 Å². The molecule has 6 nitrogen and oxygen atoms in total. The van der Waals surface area contributed by atoms with E-state index in [1.54, 1.807) is 6.92 Å². The summed E-state index contributed by atoms with van der Waals surface area (Å²) in [7, 11) is 0. The molecular formula is C20H30N4O2. The number of rotatable bonds is 4.